The zero-order valence-corrected chi connectivity index (χ0v) is 11.8. The van der Waals surface area contributed by atoms with Crippen LogP contribution in [-0.2, 0) is 0 Å². The van der Waals surface area contributed by atoms with Gasteiger partial charge in [0.1, 0.15) is 0 Å². The Hall–Kier alpha value is -2.04. The zero-order valence-electron chi connectivity index (χ0n) is 11.8. The Morgan fingerprint density at radius 1 is 1.19 bits per heavy atom. The van der Waals surface area contributed by atoms with Crippen molar-refractivity contribution in [1.82, 2.24) is 4.98 Å². The fourth-order valence-electron chi connectivity index (χ4n) is 3.18. The van der Waals surface area contributed by atoms with Crippen LogP contribution in [0, 0.1) is 11.6 Å². The van der Waals surface area contributed by atoms with E-state index in [9.17, 15) is 18.7 Å². The zero-order chi connectivity index (χ0) is 15.3. The van der Waals surface area contributed by atoms with E-state index in [0.29, 0.717) is 11.3 Å². The standard InChI is InChI=1S/C16H15F2NO2/c1-7-3-4-8(2)15-13(7)14(16(20)21)9-5-10(17)11(18)6-12(9)19-15/h5-8H,3-4H2,1-2H3,(H,20,21). The lowest BCUT2D eigenvalue weighted by molar-refractivity contribution is 0.0696. The molecule has 0 spiro atoms. The molecule has 0 saturated heterocycles. The molecular weight excluding hydrogens is 276 g/mol. The number of nitrogens with zero attached hydrogens (tertiary/aromatic N) is 1. The number of rotatable bonds is 1. The quantitative estimate of drug-likeness (QED) is 0.856. The van der Waals surface area contributed by atoms with Crippen LogP contribution in [0.4, 0.5) is 8.78 Å². The molecule has 21 heavy (non-hydrogen) atoms. The first kappa shape index (κ1) is 13.9. The van der Waals surface area contributed by atoms with E-state index in [4.69, 9.17) is 0 Å². The first-order chi connectivity index (χ1) is 9.90. The van der Waals surface area contributed by atoms with Crippen molar-refractivity contribution >= 4 is 16.9 Å². The van der Waals surface area contributed by atoms with E-state index in [1.54, 1.807) is 0 Å². The number of halogens is 2. The molecular formula is C16H15F2NO2. The Kier molecular flexibility index (Phi) is 3.15. The number of aromatic carboxylic acids is 1. The Morgan fingerprint density at radius 3 is 2.48 bits per heavy atom. The van der Waals surface area contributed by atoms with Gasteiger partial charge in [-0.3, -0.25) is 4.98 Å². The normalized spacial score (nSPS) is 21.3. The second-order valence-corrected chi connectivity index (χ2v) is 5.75. The highest BCUT2D eigenvalue weighted by Gasteiger charge is 2.30. The molecule has 0 aliphatic heterocycles. The summed E-state index contributed by atoms with van der Waals surface area (Å²) in [6, 6.07) is 1.91. The number of carboxylic acid groups (broad SMARTS) is 1. The summed E-state index contributed by atoms with van der Waals surface area (Å²) < 4.78 is 26.9. The van der Waals surface area contributed by atoms with Crippen molar-refractivity contribution in [1.29, 1.82) is 0 Å². The minimum Gasteiger partial charge on any atom is -0.478 e. The number of carboxylic acids is 1. The SMILES string of the molecule is CC1CCC(C)c2c1nc1cc(F)c(F)cc1c2C(=O)O. The second kappa shape index (κ2) is 4.76. The average molecular weight is 291 g/mol. The van der Waals surface area contributed by atoms with E-state index in [-0.39, 0.29) is 28.3 Å². The van der Waals surface area contributed by atoms with Crippen molar-refractivity contribution in [3.05, 3.63) is 40.6 Å². The number of pyridine rings is 1. The second-order valence-electron chi connectivity index (χ2n) is 5.75. The smallest absolute Gasteiger partial charge is 0.336 e. The summed E-state index contributed by atoms with van der Waals surface area (Å²) in [5.41, 5.74) is 1.63. The third-order valence-corrected chi connectivity index (χ3v) is 4.30. The molecule has 0 fully saturated rings. The van der Waals surface area contributed by atoms with Gasteiger partial charge in [0.05, 0.1) is 11.1 Å². The molecule has 2 aromatic rings. The third-order valence-electron chi connectivity index (χ3n) is 4.30. The molecule has 1 aliphatic carbocycles. The molecule has 0 bridgehead atoms. The largest absolute Gasteiger partial charge is 0.478 e. The fourth-order valence-corrected chi connectivity index (χ4v) is 3.18. The predicted octanol–water partition coefficient (Wildman–Crippen LogP) is 4.21. The summed E-state index contributed by atoms with van der Waals surface area (Å²) in [5.74, 6) is -3.02. The summed E-state index contributed by atoms with van der Waals surface area (Å²) in [6.45, 7) is 3.93. The van der Waals surface area contributed by atoms with E-state index in [0.717, 1.165) is 25.0 Å². The third kappa shape index (κ3) is 2.07. The van der Waals surface area contributed by atoms with Crippen LogP contribution in [-0.4, -0.2) is 16.1 Å². The van der Waals surface area contributed by atoms with Crippen LogP contribution in [0.15, 0.2) is 12.1 Å². The molecule has 3 nitrogen and oxygen atoms in total. The number of aromatic nitrogens is 1. The molecule has 2 unspecified atom stereocenters. The van der Waals surface area contributed by atoms with Gasteiger partial charge in [-0.25, -0.2) is 13.6 Å². The monoisotopic (exact) mass is 291 g/mol. The minimum absolute atomic E-state index is 0.0484. The lowest BCUT2D eigenvalue weighted by atomic mass is 9.78. The number of hydrogen-bond donors (Lipinski definition) is 1. The maximum Gasteiger partial charge on any atom is 0.336 e. The number of benzene rings is 1. The van der Waals surface area contributed by atoms with Crippen molar-refractivity contribution in [2.45, 2.75) is 38.5 Å². The Bertz CT molecular complexity index is 758. The maximum absolute atomic E-state index is 13.5. The van der Waals surface area contributed by atoms with Gasteiger partial charge in [-0.2, -0.15) is 0 Å². The number of hydrogen-bond acceptors (Lipinski definition) is 2. The van der Waals surface area contributed by atoms with Crippen LogP contribution >= 0.6 is 0 Å². The first-order valence-corrected chi connectivity index (χ1v) is 6.96. The number of carbonyl (C=O) groups is 1. The molecule has 0 amide bonds. The summed E-state index contributed by atoms with van der Waals surface area (Å²) >= 11 is 0. The van der Waals surface area contributed by atoms with Crippen LogP contribution in [0.1, 0.15) is 60.1 Å². The molecule has 1 heterocycles. The van der Waals surface area contributed by atoms with Crippen molar-refractivity contribution in [3.8, 4) is 0 Å². The highest BCUT2D eigenvalue weighted by molar-refractivity contribution is 6.04. The molecule has 0 saturated carbocycles. The summed E-state index contributed by atoms with van der Waals surface area (Å²) in [4.78, 5) is 16.1. The Balaban J connectivity index is 2.47. The Labute approximate surface area is 120 Å². The summed E-state index contributed by atoms with van der Waals surface area (Å²) in [5, 5.41) is 9.73. The van der Waals surface area contributed by atoms with Gasteiger partial charge in [-0.05, 0) is 36.3 Å². The summed E-state index contributed by atoms with van der Waals surface area (Å²) in [6.07, 6.45) is 1.78. The Morgan fingerprint density at radius 2 is 1.81 bits per heavy atom. The van der Waals surface area contributed by atoms with Crippen molar-refractivity contribution in [2.24, 2.45) is 0 Å². The van der Waals surface area contributed by atoms with Gasteiger partial charge in [-0.15, -0.1) is 0 Å². The van der Waals surface area contributed by atoms with E-state index in [1.165, 1.54) is 0 Å². The van der Waals surface area contributed by atoms with Gasteiger partial charge in [0.25, 0.3) is 0 Å². The molecule has 3 rings (SSSR count). The van der Waals surface area contributed by atoms with E-state index in [1.807, 2.05) is 13.8 Å². The highest BCUT2D eigenvalue weighted by atomic mass is 19.2. The first-order valence-electron chi connectivity index (χ1n) is 6.96. The predicted molar refractivity (Wildman–Crippen MR) is 74.7 cm³/mol. The van der Waals surface area contributed by atoms with Gasteiger partial charge in [-0.1, -0.05) is 13.8 Å². The molecule has 1 aliphatic rings. The minimum atomic E-state index is -1.12. The van der Waals surface area contributed by atoms with Gasteiger partial charge < -0.3 is 5.11 Å². The molecule has 5 heteroatoms. The average Bonchev–Trinajstić information content (AvgIpc) is 2.42. The summed E-state index contributed by atoms with van der Waals surface area (Å²) in [7, 11) is 0. The van der Waals surface area contributed by atoms with Crippen LogP contribution in [0.25, 0.3) is 10.9 Å². The van der Waals surface area contributed by atoms with Gasteiger partial charge in [0, 0.05) is 17.1 Å². The molecule has 110 valence electrons. The maximum atomic E-state index is 13.5. The van der Waals surface area contributed by atoms with E-state index in [2.05, 4.69) is 4.98 Å². The fraction of sp³-hybridized carbons (Fsp3) is 0.375. The van der Waals surface area contributed by atoms with Crippen LogP contribution < -0.4 is 0 Å². The molecule has 1 aromatic carbocycles. The molecule has 1 N–H and O–H groups in total. The lowest BCUT2D eigenvalue weighted by Crippen LogP contribution is -2.18. The van der Waals surface area contributed by atoms with Crippen molar-refractivity contribution in [3.63, 3.8) is 0 Å². The lowest BCUT2D eigenvalue weighted by Gasteiger charge is -2.28. The van der Waals surface area contributed by atoms with E-state index >= 15 is 0 Å². The van der Waals surface area contributed by atoms with Crippen LogP contribution in [0.3, 0.4) is 0 Å². The van der Waals surface area contributed by atoms with E-state index < -0.39 is 17.6 Å². The molecule has 2 atom stereocenters. The van der Waals surface area contributed by atoms with Crippen LogP contribution in [0.5, 0.6) is 0 Å². The van der Waals surface area contributed by atoms with Gasteiger partial charge in [0.2, 0.25) is 0 Å². The molecule has 0 radical (unpaired) electrons. The topological polar surface area (TPSA) is 50.2 Å². The van der Waals surface area contributed by atoms with Crippen LogP contribution in [0.2, 0.25) is 0 Å². The van der Waals surface area contributed by atoms with Crippen molar-refractivity contribution in [2.75, 3.05) is 0 Å². The van der Waals surface area contributed by atoms with Gasteiger partial charge in [0.15, 0.2) is 11.6 Å². The van der Waals surface area contributed by atoms with Crippen molar-refractivity contribution < 1.29 is 18.7 Å². The number of fused-ring (bicyclic) bond motifs is 2. The van der Waals surface area contributed by atoms with Gasteiger partial charge >= 0.3 is 5.97 Å². The highest BCUT2D eigenvalue weighted by Crippen LogP contribution is 2.41. The molecule has 1 aromatic heterocycles.